The van der Waals surface area contributed by atoms with Crippen molar-refractivity contribution in [3.63, 3.8) is 0 Å². The SMILES string of the molecule is C=C/C=C1/C=CC(=O)C(O)=C1. The molecule has 1 aliphatic rings. The number of ketones is 1. The van der Waals surface area contributed by atoms with E-state index in [1.54, 1.807) is 18.2 Å². The summed E-state index contributed by atoms with van der Waals surface area (Å²) in [5.74, 6) is -0.577. The number of hydrogen-bond acceptors (Lipinski definition) is 2. The molecule has 1 rings (SSSR count). The van der Waals surface area contributed by atoms with E-state index in [1.807, 2.05) is 0 Å². The summed E-state index contributed by atoms with van der Waals surface area (Å²) in [5.41, 5.74) is 0.775. The Morgan fingerprint density at radius 3 is 2.73 bits per heavy atom. The van der Waals surface area contributed by atoms with Crippen LogP contribution >= 0.6 is 0 Å². The van der Waals surface area contributed by atoms with Gasteiger partial charge in [0.15, 0.2) is 5.76 Å². The lowest BCUT2D eigenvalue weighted by atomic mass is 10.1. The van der Waals surface area contributed by atoms with Crippen LogP contribution in [0.25, 0.3) is 0 Å². The lowest BCUT2D eigenvalue weighted by Gasteiger charge is -2.00. The second-order valence-corrected chi connectivity index (χ2v) is 2.13. The molecule has 0 unspecified atom stereocenters. The van der Waals surface area contributed by atoms with Gasteiger partial charge in [-0.2, -0.15) is 0 Å². The molecular formula is C9H8O2. The summed E-state index contributed by atoms with van der Waals surface area (Å²) in [5, 5.41) is 8.96. The molecule has 0 spiro atoms. The van der Waals surface area contributed by atoms with Crippen LogP contribution < -0.4 is 0 Å². The second kappa shape index (κ2) is 3.01. The first-order chi connectivity index (χ1) is 5.24. The van der Waals surface area contributed by atoms with Gasteiger partial charge < -0.3 is 5.11 Å². The van der Waals surface area contributed by atoms with Gasteiger partial charge in [0, 0.05) is 0 Å². The van der Waals surface area contributed by atoms with Crippen molar-refractivity contribution in [3.05, 3.63) is 48.3 Å². The summed E-state index contributed by atoms with van der Waals surface area (Å²) in [6.45, 7) is 3.49. The maximum absolute atomic E-state index is 10.7. The monoisotopic (exact) mass is 148 g/mol. The zero-order chi connectivity index (χ0) is 8.27. The van der Waals surface area contributed by atoms with Crippen molar-refractivity contribution in [1.82, 2.24) is 0 Å². The molecule has 0 fully saturated rings. The van der Waals surface area contributed by atoms with Crippen LogP contribution in [0.2, 0.25) is 0 Å². The zero-order valence-electron chi connectivity index (χ0n) is 5.95. The number of carbonyl (C=O) groups is 1. The van der Waals surface area contributed by atoms with Crippen molar-refractivity contribution in [2.45, 2.75) is 0 Å². The van der Waals surface area contributed by atoms with Crippen molar-refractivity contribution in [3.8, 4) is 0 Å². The Bertz CT molecular complexity index is 280. The number of hydrogen-bond donors (Lipinski definition) is 1. The van der Waals surface area contributed by atoms with Gasteiger partial charge in [0.25, 0.3) is 0 Å². The Kier molecular flexibility index (Phi) is 2.06. The minimum atomic E-state index is -0.355. The molecule has 0 aromatic heterocycles. The Hall–Kier alpha value is -1.57. The smallest absolute Gasteiger partial charge is 0.220 e. The van der Waals surface area contributed by atoms with Crippen LogP contribution in [0.4, 0.5) is 0 Å². The van der Waals surface area contributed by atoms with Gasteiger partial charge in [-0.15, -0.1) is 0 Å². The summed E-state index contributed by atoms with van der Waals surface area (Å²) in [4.78, 5) is 10.7. The van der Waals surface area contributed by atoms with Crippen molar-refractivity contribution < 1.29 is 9.90 Å². The number of aliphatic hydroxyl groups is 1. The predicted molar refractivity (Wildman–Crippen MR) is 43.1 cm³/mol. The van der Waals surface area contributed by atoms with Gasteiger partial charge >= 0.3 is 0 Å². The Labute approximate surface area is 64.9 Å². The number of allylic oxidation sites excluding steroid dienone is 6. The van der Waals surface area contributed by atoms with E-state index in [9.17, 15) is 4.79 Å². The standard InChI is InChI=1S/C9H8O2/c1-2-3-7-4-5-8(10)9(11)6-7/h2-6,11H,1H2/b7-3-. The minimum Gasteiger partial charge on any atom is -0.504 e. The van der Waals surface area contributed by atoms with Crippen LogP contribution in [0.1, 0.15) is 0 Å². The molecule has 0 aromatic carbocycles. The van der Waals surface area contributed by atoms with Crippen LogP contribution in [-0.4, -0.2) is 10.9 Å². The maximum Gasteiger partial charge on any atom is 0.220 e. The minimum absolute atomic E-state index is 0.222. The third-order valence-electron chi connectivity index (χ3n) is 1.29. The van der Waals surface area contributed by atoms with Crippen LogP contribution in [0.3, 0.4) is 0 Å². The highest BCUT2D eigenvalue weighted by Crippen LogP contribution is 2.10. The Balaban J connectivity index is 2.94. The van der Waals surface area contributed by atoms with Gasteiger partial charge in [-0.25, -0.2) is 0 Å². The van der Waals surface area contributed by atoms with E-state index in [-0.39, 0.29) is 11.5 Å². The lowest BCUT2D eigenvalue weighted by Crippen LogP contribution is -2.01. The largest absolute Gasteiger partial charge is 0.504 e. The average molecular weight is 148 g/mol. The molecule has 2 heteroatoms. The van der Waals surface area contributed by atoms with Crippen LogP contribution in [0.15, 0.2) is 48.3 Å². The first-order valence-electron chi connectivity index (χ1n) is 3.20. The molecule has 11 heavy (non-hydrogen) atoms. The summed E-state index contributed by atoms with van der Waals surface area (Å²) in [6.07, 6.45) is 7.66. The molecule has 0 amide bonds. The molecule has 0 heterocycles. The molecule has 0 bridgehead atoms. The molecule has 0 aromatic rings. The van der Waals surface area contributed by atoms with E-state index in [0.717, 1.165) is 5.57 Å². The van der Waals surface area contributed by atoms with Crippen LogP contribution in [0.5, 0.6) is 0 Å². The summed E-state index contributed by atoms with van der Waals surface area (Å²) in [6, 6.07) is 0. The molecule has 0 atom stereocenters. The van der Waals surface area contributed by atoms with Crippen molar-refractivity contribution in [2.75, 3.05) is 0 Å². The number of aliphatic hydroxyl groups excluding tert-OH is 1. The topological polar surface area (TPSA) is 37.3 Å². The van der Waals surface area contributed by atoms with Gasteiger partial charge in [-0.3, -0.25) is 4.79 Å². The highest BCUT2D eigenvalue weighted by atomic mass is 16.3. The molecular weight excluding hydrogens is 140 g/mol. The van der Waals surface area contributed by atoms with E-state index in [4.69, 9.17) is 5.11 Å². The predicted octanol–water partition coefficient (Wildman–Crippen LogP) is 1.68. The third kappa shape index (κ3) is 1.67. The second-order valence-electron chi connectivity index (χ2n) is 2.13. The third-order valence-corrected chi connectivity index (χ3v) is 1.29. The summed E-state index contributed by atoms with van der Waals surface area (Å²) < 4.78 is 0. The fourth-order valence-electron chi connectivity index (χ4n) is 0.774. The first kappa shape index (κ1) is 7.54. The fourth-order valence-corrected chi connectivity index (χ4v) is 0.774. The van der Waals surface area contributed by atoms with E-state index in [1.165, 1.54) is 12.2 Å². The van der Waals surface area contributed by atoms with E-state index in [0.29, 0.717) is 0 Å². The highest BCUT2D eigenvalue weighted by molar-refractivity contribution is 6.04. The molecule has 2 nitrogen and oxygen atoms in total. The van der Waals surface area contributed by atoms with Crippen molar-refractivity contribution in [1.29, 1.82) is 0 Å². The molecule has 0 saturated carbocycles. The molecule has 56 valence electrons. The van der Waals surface area contributed by atoms with Crippen molar-refractivity contribution in [2.24, 2.45) is 0 Å². The quantitative estimate of drug-likeness (QED) is 0.614. The van der Waals surface area contributed by atoms with Gasteiger partial charge in [-0.05, 0) is 17.7 Å². The van der Waals surface area contributed by atoms with Gasteiger partial charge in [0.1, 0.15) is 0 Å². The molecule has 1 N–H and O–H groups in total. The molecule has 0 aliphatic heterocycles. The van der Waals surface area contributed by atoms with Crippen molar-refractivity contribution >= 4 is 5.78 Å². The highest BCUT2D eigenvalue weighted by Gasteiger charge is 2.07. The summed E-state index contributed by atoms with van der Waals surface area (Å²) >= 11 is 0. The summed E-state index contributed by atoms with van der Waals surface area (Å²) in [7, 11) is 0. The van der Waals surface area contributed by atoms with Gasteiger partial charge in [0.2, 0.25) is 5.78 Å². The first-order valence-corrected chi connectivity index (χ1v) is 3.20. The van der Waals surface area contributed by atoms with Crippen LogP contribution in [-0.2, 0) is 4.79 Å². The molecule has 0 saturated heterocycles. The van der Waals surface area contributed by atoms with E-state index in [2.05, 4.69) is 6.58 Å². The maximum atomic E-state index is 10.7. The van der Waals surface area contributed by atoms with Gasteiger partial charge in [0.05, 0.1) is 0 Å². The van der Waals surface area contributed by atoms with Gasteiger partial charge in [-0.1, -0.05) is 24.8 Å². The zero-order valence-corrected chi connectivity index (χ0v) is 5.95. The Morgan fingerprint density at radius 2 is 2.18 bits per heavy atom. The molecule has 1 aliphatic carbocycles. The van der Waals surface area contributed by atoms with Crippen LogP contribution in [0, 0.1) is 0 Å². The average Bonchev–Trinajstić information content (AvgIpc) is 1.98. The Morgan fingerprint density at radius 1 is 1.45 bits per heavy atom. The number of carbonyl (C=O) groups excluding carboxylic acids is 1. The van der Waals surface area contributed by atoms with E-state index < -0.39 is 0 Å². The van der Waals surface area contributed by atoms with E-state index >= 15 is 0 Å². The number of rotatable bonds is 1. The molecule has 0 radical (unpaired) electrons. The lowest BCUT2D eigenvalue weighted by molar-refractivity contribution is -0.113. The fraction of sp³-hybridized carbons (Fsp3) is 0. The normalized spacial score (nSPS) is 20.2.